The molecule has 10 heteroatoms. The van der Waals surface area contributed by atoms with Gasteiger partial charge in [0, 0.05) is 32.3 Å². The zero-order valence-corrected chi connectivity index (χ0v) is 14.8. The Kier molecular flexibility index (Phi) is 5.97. The Morgan fingerprint density at radius 2 is 2.22 bits per heavy atom. The quantitative estimate of drug-likeness (QED) is 0.706. The first-order chi connectivity index (χ1) is 13.1. The van der Waals surface area contributed by atoms with Crippen molar-refractivity contribution in [2.24, 2.45) is 0 Å². The van der Waals surface area contributed by atoms with Crippen LogP contribution < -0.4 is 16.0 Å². The third-order valence-electron chi connectivity index (χ3n) is 4.02. The summed E-state index contributed by atoms with van der Waals surface area (Å²) in [4.78, 5) is 27.8. The van der Waals surface area contributed by atoms with E-state index in [1.54, 1.807) is 0 Å². The molecule has 1 aliphatic heterocycles. The number of rotatable bonds is 6. The Labute approximate surface area is 154 Å². The molecule has 0 spiro atoms. The number of aromatic nitrogens is 2. The van der Waals surface area contributed by atoms with Crippen LogP contribution in [0, 0.1) is 5.82 Å². The van der Waals surface area contributed by atoms with Crippen LogP contribution in [-0.4, -0.2) is 42.3 Å². The molecule has 0 unspecified atom stereocenters. The van der Waals surface area contributed by atoms with Gasteiger partial charge in [-0.25, -0.2) is 9.18 Å². The number of ether oxygens (including phenoxy) is 1. The maximum Gasteiger partial charge on any atom is 0.319 e. The summed E-state index contributed by atoms with van der Waals surface area (Å²) >= 11 is 0. The van der Waals surface area contributed by atoms with E-state index in [-0.39, 0.29) is 18.2 Å². The lowest BCUT2D eigenvalue weighted by atomic mass is 10.1. The highest BCUT2D eigenvalue weighted by Crippen LogP contribution is 2.26. The number of hydrogen-bond donors (Lipinski definition) is 3. The van der Waals surface area contributed by atoms with E-state index in [1.807, 2.05) is 0 Å². The first-order valence-electron chi connectivity index (χ1n) is 8.57. The van der Waals surface area contributed by atoms with Gasteiger partial charge in [-0.05, 0) is 31.0 Å². The van der Waals surface area contributed by atoms with Gasteiger partial charge in [0.2, 0.25) is 0 Å². The third-order valence-corrected chi connectivity index (χ3v) is 4.02. The predicted molar refractivity (Wildman–Crippen MR) is 92.7 cm³/mol. The molecule has 3 rings (SSSR count). The number of nitrogens with one attached hydrogen (secondary N) is 3. The summed E-state index contributed by atoms with van der Waals surface area (Å²) in [5.41, 5.74) is 0.150. The fraction of sp³-hybridized carbons (Fsp3) is 0.412. The molecule has 3 amide bonds. The Bertz CT molecular complexity index is 819. The number of nitrogens with zero attached hydrogens (tertiary/aromatic N) is 2. The number of amides is 3. The highest BCUT2D eigenvalue weighted by Gasteiger charge is 2.23. The van der Waals surface area contributed by atoms with E-state index in [9.17, 15) is 14.0 Å². The fourth-order valence-electron chi connectivity index (χ4n) is 2.65. The molecule has 27 heavy (non-hydrogen) atoms. The summed E-state index contributed by atoms with van der Waals surface area (Å²) in [7, 11) is 1.40. The topological polar surface area (TPSA) is 118 Å². The molecule has 144 valence electrons. The lowest BCUT2D eigenvalue weighted by Gasteiger charge is -2.09. The number of halogens is 1. The van der Waals surface area contributed by atoms with Gasteiger partial charge < -0.3 is 25.2 Å². The van der Waals surface area contributed by atoms with Crippen molar-refractivity contribution < 1.29 is 23.2 Å². The van der Waals surface area contributed by atoms with Gasteiger partial charge in [0.1, 0.15) is 11.9 Å². The average Bonchev–Trinajstić information content (AvgIpc) is 3.34. The maximum atomic E-state index is 13.6. The molecule has 1 saturated heterocycles. The number of carbonyl (C=O) groups excluding carboxylic acids is 2. The van der Waals surface area contributed by atoms with Gasteiger partial charge in [0.05, 0.1) is 5.56 Å². The molecule has 3 N–H and O–H groups in total. The van der Waals surface area contributed by atoms with Crippen molar-refractivity contribution >= 4 is 17.6 Å². The monoisotopic (exact) mass is 377 g/mol. The van der Waals surface area contributed by atoms with Crippen LogP contribution in [0.4, 0.5) is 14.9 Å². The molecule has 2 heterocycles. The van der Waals surface area contributed by atoms with E-state index in [1.165, 1.54) is 19.2 Å². The third kappa shape index (κ3) is 4.79. The SMILES string of the molecule is CNC(=O)c1cc(NC(=O)NCCc2noc([C@H]3CCCO3)n2)ccc1F. The summed E-state index contributed by atoms with van der Waals surface area (Å²) in [6, 6.07) is 3.26. The van der Waals surface area contributed by atoms with Gasteiger partial charge in [0.25, 0.3) is 11.8 Å². The molecule has 1 aliphatic rings. The van der Waals surface area contributed by atoms with Crippen LogP contribution in [0.3, 0.4) is 0 Å². The molecule has 2 aromatic rings. The standard InChI is InChI=1S/C17H20FN5O4/c1-19-15(24)11-9-10(4-5-12(11)18)21-17(25)20-7-6-14-22-16(27-23-14)13-3-2-8-26-13/h4-5,9,13H,2-3,6-8H2,1H3,(H,19,24)(H2,20,21,25)/t13-/m1/s1. The Balaban J connectivity index is 1.48. The van der Waals surface area contributed by atoms with Crippen molar-refractivity contribution in [1.82, 2.24) is 20.8 Å². The van der Waals surface area contributed by atoms with Gasteiger partial charge >= 0.3 is 6.03 Å². The minimum atomic E-state index is -0.667. The van der Waals surface area contributed by atoms with Crippen molar-refractivity contribution in [1.29, 1.82) is 0 Å². The molecular weight excluding hydrogens is 357 g/mol. The maximum absolute atomic E-state index is 13.6. The number of anilines is 1. The Morgan fingerprint density at radius 3 is 2.96 bits per heavy atom. The Hall–Kier alpha value is -3.01. The van der Waals surface area contributed by atoms with Crippen molar-refractivity contribution in [3.05, 3.63) is 41.3 Å². The highest BCUT2D eigenvalue weighted by atomic mass is 19.1. The fourth-order valence-corrected chi connectivity index (χ4v) is 2.65. The van der Waals surface area contributed by atoms with Crippen LogP contribution >= 0.6 is 0 Å². The van der Waals surface area contributed by atoms with Crippen LogP contribution in [0.1, 0.15) is 41.0 Å². The number of carbonyl (C=O) groups is 2. The van der Waals surface area contributed by atoms with E-state index in [4.69, 9.17) is 9.26 Å². The van der Waals surface area contributed by atoms with Crippen LogP contribution in [0.2, 0.25) is 0 Å². The molecule has 0 aliphatic carbocycles. The van der Waals surface area contributed by atoms with Gasteiger partial charge in [-0.1, -0.05) is 5.16 Å². The van der Waals surface area contributed by atoms with Crippen LogP contribution in [0.15, 0.2) is 22.7 Å². The van der Waals surface area contributed by atoms with E-state index in [0.717, 1.165) is 18.9 Å². The summed E-state index contributed by atoms with van der Waals surface area (Å²) in [5.74, 6) is -0.306. The largest absolute Gasteiger partial charge is 0.368 e. The lowest BCUT2D eigenvalue weighted by Crippen LogP contribution is -2.30. The molecule has 0 radical (unpaired) electrons. The molecule has 1 aromatic carbocycles. The van der Waals surface area contributed by atoms with Gasteiger partial charge in [-0.15, -0.1) is 0 Å². The Morgan fingerprint density at radius 1 is 1.37 bits per heavy atom. The van der Waals surface area contributed by atoms with Crippen molar-refractivity contribution in [2.45, 2.75) is 25.4 Å². The van der Waals surface area contributed by atoms with Crippen LogP contribution in [-0.2, 0) is 11.2 Å². The zero-order valence-electron chi connectivity index (χ0n) is 14.8. The lowest BCUT2D eigenvalue weighted by molar-refractivity contribution is 0.0835. The minimum Gasteiger partial charge on any atom is -0.368 e. The van der Waals surface area contributed by atoms with Crippen LogP contribution in [0.25, 0.3) is 0 Å². The highest BCUT2D eigenvalue weighted by molar-refractivity contribution is 5.96. The molecule has 1 fully saturated rings. The molecule has 0 bridgehead atoms. The summed E-state index contributed by atoms with van der Waals surface area (Å²) in [5, 5.41) is 11.4. The molecular formula is C17H20FN5O4. The number of benzene rings is 1. The number of hydrogen-bond acceptors (Lipinski definition) is 6. The molecule has 1 aromatic heterocycles. The van der Waals surface area contributed by atoms with Crippen molar-refractivity contribution in [3.63, 3.8) is 0 Å². The van der Waals surface area contributed by atoms with E-state index >= 15 is 0 Å². The normalized spacial score (nSPS) is 16.1. The van der Waals surface area contributed by atoms with E-state index < -0.39 is 17.8 Å². The summed E-state index contributed by atoms with van der Waals surface area (Å²) < 4.78 is 24.3. The molecule has 1 atom stereocenters. The van der Waals surface area contributed by atoms with Gasteiger partial charge in [-0.2, -0.15) is 4.98 Å². The second kappa shape index (κ2) is 8.58. The van der Waals surface area contributed by atoms with Gasteiger partial charge in [-0.3, -0.25) is 4.79 Å². The van der Waals surface area contributed by atoms with E-state index in [2.05, 4.69) is 26.1 Å². The smallest absolute Gasteiger partial charge is 0.319 e. The molecule has 0 saturated carbocycles. The van der Waals surface area contributed by atoms with Crippen molar-refractivity contribution in [3.8, 4) is 0 Å². The second-order valence-electron chi connectivity index (χ2n) is 5.96. The molecule has 9 nitrogen and oxygen atoms in total. The average molecular weight is 377 g/mol. The first-order valence-corrected chi connectivity index (χ1v) is 8.57. The van der Waals surface area contributed by atoms with Crippen LogP contribution in [0.5, 0.6) is 0 Å². The summed E-state index contributed by atoms with van der Waals surface area (Å²) in [6.07, 6.45) is 2.07. The minimum absolute atomic E-state index is 0.143. The van der Waals surface area contributed by atoms with Crippen molar-refractivity contribution in [2.75, 3.05) is 25.5 Å². The second-order valence-corrected chi connectivity index (χ2v) is 5.96. The number of urea groups is 1. The summed E-state index contributed by atoms with van der Waals surface area (Å²) in [6.45, 7) is 0.967. The predicted octanol–water partition coefficient (Wildman–Crippen LogP) is 1.78. The first kappa shape index (κ1) is 18.8. The van der Waals surface area contributed by atoms with E-state index in [0.29, 0.717) is 30.4 Å². The zero-order chi connectivity index (χ0) is 19.2. The van der Waals surface area contributed by atoms with Gasteiger partial charge in [0.15, 0.2) is 5.82 Å².